The Morgan fingerprint density at radius 2 is 1.56 bits per heavy atom. The number of imidazole rings is 1. The number of carboxylic acid groups (broad SMARTS) is 1. The molecule has 0 saturated heterocycles. The third-order valence-corrected chi connectivity index (χ3v) is 9.59. The van der Waals surface area contributed by atoms with Crippen LogP contribution in [0.4, 0.5) is 5.69 Å². The zero-order valence-electron chi connectivity index (χ0n) is 25.6. The van der Waals surface area contributed by atoms with Gasteiger partial charge >= 0.3 is 5.97 Å². The van der Waals surface area contributed by atoms with Gasteiger partial charge in [0.05, 0.1) is 26.9 Å². The van der Waals surface area contributed by atoms with Crippen molar-refractivity contribution >= 4 is 44.9 Å². The first-order valence-corrected chi connectivity index (χ1v) is 17.2. The van der Waals surface area contributed by atoms with Crippen LogP contribution >= 0.6 is 23.2 Å². The number of ether oxygens (including phenoxy) is 1. The van der Waals surface area contributed by atoms with Crippen LogP contribution in [-0.4, -0.2) is 29.0 Å². The summed E-state index contributed by atoms with van der Waals surface area (Å²) in [5, 5.41) is 10.6. The van der Waals surface area contributed by atoms with Crippen molar-refractivity contribution < 1.29 is 23.1 Å². The molecule has 0 aliphatic carbocycles. The molecular weight excluding hydrogens is 669 g/mol. The number of benzene rings is 5. The van der Waals surface area contributed by atoms with E-state index in [0.29, 0.717) is 22.2 Å². The third kappa shape index (κ3) is 7.39. The molecule has 0 amide bonds. The summed E-state index contributed by atoms with van der Waals surface area (Å²) in [4.78, 5) is 16.5. The van der Waals surface area contributed by atoms with E-state index in [2.05, 4.69) is 28.3 Å². The Kier molecular flexibility index (Phi) is 9.54. The standard InChI is InChI=1S/C37H29Cl2N3O5S/c1-2-42-23-34(31-18-15-28(38)22-32(31)39)40-36(42)20-24-8-10-25(11-9-24)26-12-16-29(17-13-26)47-35-19-14-27(37(43)44)21-33(35)41-48(45,46)30-6-4-3-5-7-30/h3-19,21-23,41H,2,20H2,1H3,(H,43,44). The number of aromatic nitrogens is 2. The zero-order chi connectivity index (χ0) is 33.8. The van der Waals surface area contributed by atoms with E-state index in [1.54, 1.807) is 42.5 Å². The van der Waals surface area contributed by atoms with Gasteiger partial charge in [0, 0.05) is 29.7 Å². The Balaban J connectivity index is 1.18. The van der Waals surface area contributed by atoms with Gasteiger partial charge in [0.25, 0.3) is 10.0 Å². The van der Waals surface area contributed by atoms with E-state index >= 15 is 0 Å². The lowest BCUT2D eigenvalue weighted by Crippen LogP contribution is -2.14. The molecular formula is C37H29Cl2N3O5S. The van der Waals surface area contributed by atoms with Crippen molar-refractivity contribution in [3.63, 3.8) is 0 Å². The maximum absolute atomic E-state index is 13.0. The quantitative estimate of drug-likeness (QED) is 0.140. The fourth-order valence-electron chi connectivity index (χ4n) is 5.17. The highest BCUT2D eigenvalue weighted by atomic mass is 35.5. The number of carboxylic acids is 1. The van der Waals surface area contributed by atoms with Gasteiger partial charge in [0.2, 0.25) is 0 Å². The van der Waals surface area contributed by atoms with E-state index in [1.807, 2.05) is 36.5 Å². The molecule has 0 atom stereocenters. The number of hydrogen-bond donors (Lipinski definition) is 2. The first-order valence-electron chi connectivity index (χ1n) is 14.9. The Labute approximate surface area is 288 Å². The molecule has 0 spiro atoms. The van der Waals surface area contributed by atoms with Crippen LogP contribution in [0.15, 0.2) is 126 Å². The van der Waals surface area contributed by atoms with Crippen molar-refractivity contribution in [2.75, 3.05) is 4.72 Å². The van der Waals surface area contributed by atoms with Gasteiger partial charge in [0.15, 0.2) is 5.75 Å². The fraction of sp³-hybridized carbons (Fsp3) is 0.0811. The number of hydrogen-bond acceptors (Lipinski definition) is 5. The molecule has 0 aliphatic heterocycles. The van der Waals surface area contributed by atoms with Crippen LogP contribution in [-0.2, 0) is 23.0 Å². The number of nitrogens with zero attached hydrogens (tertiary/aromatic N) is 2. The highest BCUT2D eigenvalue weighted by molar-refractivity contribution is 7.92. The van der Waals surface area contributed by atoms with Crippen molar-refractivity contribution in [3.05, 3.63) is 148 Å². The van der Waals surface area contributed by atoms with E-state index in [1.165, 1.54) is 30.3 Å². The fourth-order valence-corrected chi connectivity index (χ4v) is 6.76. The molecule has 242 valence electrons. The summed E-state index contributed by atoms with van der Waals surface area (Å²) in [5.74, 6) is 0.333. The number of halogens is 2. The van der Waals surface area contributed by atoms with Crippen LogP contribution in [0.25, 0.3) is 22.4 Å². The second kappa shape index (κ2) is 13.9. The van der Waals surface area contributed by atoms with Gasteiger partial charge in [-0.1, -0.05) is 77.8 Å². The summed E-state index contributed by atoms with van der Waals surface area (Å²) in [7, 11) is -3.99. The van der Waals surface area contributed by atoms with E-state index in [-0.39, 0.29) is 21.9 Å². The maximum Gasteiger partial charge on any atom is 0.335 e. The maximum atomic E-state index is 13.0. The SMILES string of the molecule is CCn1cc(-c2ccc(Cl)cc2Cl)nc1Cc1ccc(-c2ccc(Oc3ccc(C(=O)O)cc3NS(=O)(=O)c3ccccc3)cc2)cc1. The lowest BCUT2D eigenvalue weighted by Gasteiger charge is -2.15. The van der Waals surface area contributed by atoms with Crippen LogP contribution in [0.2, 0.25) is 10.0 Å². The predicted molar refractivity (Wildman–Crippen MR) is 189 cm³/mol. The normalized spacial score (nSPS) is 11.3. The monoisotopic (exact) mass is 697 g/mol. The van der Waals surface area contributed by atoms with Crippen LogP contribution in [0.1, 0.15) is 28.7 Å². The van der Waals surface area contributed by atoms with E-state index in [9.17, 15) is 18.3 Å². The largest absolute Gasteiger partial charge is 0.478 e. The smallest absolute Gasteiger partial charge is 0.335 e. The van der Waals surface area contributed by atoms with Crippen LogP contribution in [0.5, 0.6) is 11.5 Å². The van der Waals surface area contributed by atoms with E-state index in [0.717, 1.165) is 40.3 Å². The van der Waals surface area contributed by atoms with Crippen molar-refractivity contribution in [1.82, 2.24) is 9.55 Å². The second-order valence-electron chi connectivity index (χ2n) is 10.9. The number of rotatable bonds is 11. The van der Waals surface area contributed by atoms with Gasteiger partial charge < -0.3 is 14.4 Å². The average molecular weight is 699 g/mol. The van der Waals surface area contributed by atoms with Crippen molar-refractivity contribution in [2.24, 2.45) is 0 Å². The van der Waals surface area contributed by atoms with Crippen molar-refractivity contribution in [3.8, 4) is 33.9 Å². The van der Waals surface area contributed by atoms with E-state index in [4.69, 9.17) is 32.9 Å². The molecule has 5 aromatic carbocycles. The van der Waals surface area contributed by atoms with Gasteiger partial charge in [-0.05, 0) is 84.3 Å². The lowest BCUT2D eigenvalue weighted by molar-refractivity contribution is 0.0697. The molecule has 0 saturated carbocycles. The van der Waals surface area contributed by atoms with Gasteiger partial charge in [-0.3, -0.25) is 4.72 Å². The van der Waals surface area contributed by atoms with Gasteiger partial charge in [-0.25, -0.2) is 18.2 Å². The molecule has 8 nitrogen and oxygen atoms in total. The second-order valence-corrected chi connectivity index (χ2v) is 13.4. The van der Waals surface area contributed by atoms with Gasteiger partial charge in [-0.2, -0.15) is 0 Å². The molecule has 1 aromatic heterocycles. The van der Waals surface area contributed by atoms with Gasteiger partial charge in [0.1, 0.15) is 11.6 Å². The minimum Gasteiger partial charge on any atom is -0.478 e. The summed E-state index contributed by atoms with van der Waals surface area (Å²) in [5.41, 5.74) is 4.60. The third-order valence-electron chi connectivity index (χ3n) is 7.66. The highest BCUT2D eigenvalue weighted by Gasteiger charge is 2.19. The first kappa shape index (κ1) is 32.8. The number of nitrogens with one attached hydrogen (secondary N) is 1. The number of sulfonamides is 1. The zero-order valence-corrected chi connectivity index (χ0v) is 27.9. The topological polar surface area (TPSA) is 111 Å². The van der Waals surface area contributed by atoms with Crippen molar-refractivity contribution in [1.29, 1.82) is 0 Å². The summed E-state index contributed by atoms with van der Waals surface area (Å²) in [6.07, 6.45) is 2.65. The summed E-state index contributed by atoms with van der Waals surface area (Å²) >= 11 is 12.5. The number of aromatic carboxylic acids is 1. The molecule has 2 N–H and O–H groups in total. The summed E-state index contributed by atoms with van der Waals surface area (Å²) < 4.78 is 36.6. The number of aryl methyl sites for hydroxylation is 1. The Hall–Kier alpha value is -5.09. The molecule has 0 radical (unpaired) electrons. The molecule has 48 heavy (non-hydrogen) atoms. The molecule has 0 unspecified atom stereocenters. The summed E-state index contributed by atoms with van der Waals surface area (Å²) in [6, 6.07) is 32.8. The first-order chi connectivity index (χ1) is 23.1. The lowest BCUT2D eigenvalue weighted by atomic mass is 10.0. The summed E-state index contributed by atoms with van der Waals surface area (Å²) in [6.45, 7) is 2.84. The van der Waals surface area contributed by atoms with Crippen LogP contribution in [0, 0.1) is 0 Å². The molecule has 0 bridgehead atoms. The van der Waals surface area contributed by atoms with Crippen LogP contribution in [0.3, 0.4) is 0 Å². The minimum atomic E-state index is -3.99. The molecule has 0 fully saturated rings. The Bertz CT molecular complexity index is 2200. The van der Waals surface area contributed by atoms with Gasteiger partial charge in [-0.15, -0.1) is 0 Å². The average Bonchev–Trinajstić information content (AvgIpc) is 3.48. The molecule has 0 aliphatic rings. The molecule has 6 aromatic rings. The molecule has 11 heteroatoms. The minimum absolute atomic E-state index is 0.00510. The molecule has 1 heterocycles. The number of carbonyl (C=O) groups is 1. The highest BCUT2D eigenvalue weighted by Crippen LogP contribution is 2.34. The van der Waals surface area contributed by atoms with Crippen molar-refractivity contribution in [2.45, 2.75) is 24.8 Å². The Morgan fingerprint density at radius 3 is 2.21 bits per heavy atom. The Morgan fingerprint density at radius 1 is 0.875 bits per heavy atom. The predicted octanol–water partition coefficient (Wildman–Crippen LogP) is 9.43. The van der Waals surface area contributed by atoms with Crippen LogP contribution < -0.4 is 9.46 Å². The number of anilines is 1. The molecule has 6 rings (SSSR count). The van der Waals surface area contributed by atoms with E-state index < -0.39 is 16.0 Å².